The van der Waals surface area contributed by atoms with Gasteiger partial charge in [0.2, 0.25) is 0 Å². The molecular weight excluding hydrogens is 466 g/mol. The Kier molecular flexibility index (Phi) is 6.86. The molecule has 2 aromatic heterocycles. The summed E-state index contributed by atoms with van der Waals surface area (Å²) < 4.78 is 12.8. The van der Waals surface area contributed by atoms with Gasteiger partial charge in [0.05, 0.1) is 0 Å². The van der Waals surface area contributed by atoms with Crippen molar-refractivity contribution >= 4 is 35.6 Å². The van der Waals surface area contributed by atoms with Crippen molar-refractivity contribution in [2.24, 2.45) is 0 Å². The summed E-state index contributed by atoms with van der Waals surface area (Å²) in [6.45, 7) is -0.00222. The molecular formula is C22H18ClN5O4S. The number of hydrazine groups is 1. The third kappa shape index (κ3) is 5.68. The molecule has 9 nitrogen and oxygen atoms in total. The van der Waals surface area contributed by atoms with Gasteiger partial charge >= 0.3 is 5.91 Å². The molecule has 33 heavy (non-hydrogen) atoms. The molecule has 11 heteroatoms. The average molecular weight is 484 g/mol. The zero-order valence-electron chi connectivity index (χ0n) is 17.1. The van der Waals surface area contributed by atoms with E-state index in [-0.39, 0.29) is 23.7 Å². The van der Waals surface area contributed by atoms with Crippen LogP contribution in [-0.2, 0) is 17.9 Å². The predicted octanol–water partition coefficient (Wildman–Crippen LogP) is 3.89. The molecule has 0 unspecified atom stereocenters. The summed E-state index contributed by atoms with van der Waals surface area (Å²) >= 11 is 11.1. The van der Waals surface area contributed by atoms with E-state index in [2.05, 4.69) is 21.0 Å². The number of para-hydroxylation sites is 1. The van der Waals surface area contributed by atoms with E-state index in [0.717, 1.165) is 5.56 Å². The molecule has 0 saturated carbocycles. The summed E-state index contributed by atoms with van der Waals surface area (Å²) in [5.74, 6) is 0.532. The van der Waals surface area contributed by atoms with Gasteiger partial charge in [0.1, 0.15) is 24.7 Å². The minimum absolute atomic E-state index is 0.0312. The van der Waals surface area contributed by atoms with Crippen molar-refractivity contribution in [1.82, 2.24) is 25.6 Å². The van der Waals surface area contributed by atoms with Crippen LogP contribution in [0.4, 0.5) is 0 Å². The number of H-pyrrole nitrogens is 1. The summed E-state index contributed by atoms with van der Waals surface area (Å²) in [6.07, 6.45) is 0. The maximum atomic E-state index is 12.4. The number of rotatable bonds is 7. The highest BCUT2D eigenvalue weighted by atomic mass is 35.5. The first kappa shape index (κ1) is 22.3. The van der Waals surface area contributed by atoms with Crippen molar-refractivity contribution in [3.8, 4) is 17.1 Å². The maximum Gasteiger partial charge on any atom is 0.305 e. The van der Waals surface area contributed by atoms with Gasteiger partial charge in [0.15, 0.2) is 16.4 Å². The van der Waals surface area contributed by atoms with Gasteiger partial charge < -0.3 is 9.15 Å². The molecule has 0 bridgehead atoms. The second-order valence-electron chi connectivity index (χ2n) is 6.82. The Morgan fingerprint density at radius 2 is 1.82 bits per heavy atom. The number of halogens is 1. The van der Waals surface area contributed by atoms with Gasteiger partial charge in [-0.05, 0) is 60.7 Å². The second kappa shape index (κ2) is 10.2. The number of aromatic nitrogens is 3. The number of furan rings is 1. The normalized spacial score (nSPS) is 10.6. The van der Waals surface area contributed by atoms with E-state index in [1.807, 2.05) is 30.3 Å². The molecule has 0 saturated heterocycles. The number of carbonyl (C=O) groups is 2. The van der Waals surface area contributed by atoms with E-state index in [9.17, 15) is 9.59 Å². The Hall–Kier alpha value is -3.89. The number of ether oxygens (including phenoxy) is 1. The van der Waals surface area contributed by atoms with E-state index in [0.29, 0.717) is 22.4 Å². The fourth-order valence-electron chi connectivity index (χ4n) is 2.90. The highest BCUT2D eigenvalue weighted by molar-refractivity contribution is 7.71. The molecule has 0 atom stereocenters. The van der Waals surface area contributed by atoms with Crippen molar-refractivity contribution in [3.63, 3.8) is 0 Å². The quantitative estimate of drug-likeness (QED) is 0.271. The first-order chi connectivity index (χ1) is 16.0. The summed E-state index contributed by atoms with van der Waals surface area (Å²) in [5.41, 5.74) is 5.38. The SMILES string of the molecule is O=C(Cn1c(-c2ccc(Cl)cc2)n[nH]c1=S)NNC(=O)c1ccc(COc2ccccc2)o1. The average Bonchev–Trinajstić information content (AvgIpc) is 3.45. The summed E-state index contributed by atoms with van der Waals surface area (Å²) in [4.78, 5) is 24.7. The largest absolute Gasteiger partial charge is 0.486 e. The third-order valence-electron chi connectivity index (χ3n) is 4.49. The van der Waals surface area contributed by atoms with Crippen LogP contribution in [0.3, 0.4) is 0 Å². The first-order valence-corrected chi connectivity index (χ1v) is 10.5. The number of aromatic amines is 1. The molecule has 0 fully saturated rings. The summed E-state index contributed by atoms with van der Waals surface area (Å²) in [6, 6.07) is 19.3. The number of hydrogen-bond acceptors (Lipinski definition) is 6. The number of hydrogen-bond donors (Lipinski definition) is 3. The molecule has 0 aliphatic carbocycles. The van der Waals surface area contributed by atoms with Crippen LogP contribution in [0.25, 0.3) is 11.4 Å². The Labute approximate surface area is 198 Å². The number of carbonyl (C=O) groups excluding carboxylic acids is 2. The van der Waals surface area contributed by atoms with E-state index < -0.39 is 11.8 Å². The highest BCUT2D eigenvalue weighted by Gasteiger charge is 2.15. The third-order valence-corrected chi connectivity index (χ3v) is 5.05. The minimum Gasteiger partial charge on any atom is -0.486 e. The molecule has 0 radical (unpaired) electrons. The van der Waals surface area contributed by atoms with Gasteiger partial charge in [0, 0.05) is 10.6 Å². The molecule has 2 amide bonds. The molecule has 0 aliphatic heterocycles. The number of amides is 2. The van der Waals surface area contributed by atoms with Gasteiger partial charge in [-0.3, -0.25) is 30.1 Å². The fourth-order valence-corrected chi connectivity index (χ4v) is 3.23. The van der Waals surface area contributed by atoms with Gasteiger partial charge in [-0.1, -0.05) is 29.8 Å². The Balaban J connectivity index is 1.32. The molecule has 2 aromatic carbocycles. The van der Waals surface area contributed by atoms with E-state index in [1.54, 1.807) is 30.3 Å². The van der Waals surface area contributed by atoms with Crippen LogP contribution in [0, 0.1) is 4.77 Å². The Morgan fingerprint density at radius 1 is 1.06 bits per heavy atom. The lowest BCUT2D eigenvalue weighted by Gasteiger charge is -2.09. The molecule has 4 aromatic rings. The van der Waals surface area contributed by atoms with Crippen LogP contribution in [0.2, 0.25) is 5.02 Å². The van der Waals surface area contributed by atoms with Crippen molar-refractivity contribution < 1.29 is 18.7 Å². The standard InChI is InChI=1S/C22H18ClN5O4S/c23-15-8-6-14(7-9-15)20-25-27-22(33)28(20)12-19(29)24-26-21(30)18-11-10-17(32-18)13-31-16-4-2-1-3-5-16/h1-11H,12-13H2,(H,24,29)(H,26,30)(H,27,33). The van der Waals surface area contributed by atoms with E-state index >= 15 is 0 Å². The van der Waals surface area contributed by atoms with Gasteiger partial charge in [0.25, 0.3) is 5.91 Å². The number of nitrogens with zero attached hydrogens (tertiary/aromatic N) is 2. The summed E-state index contributed by atoms with van der Waals surface area (Å²) in [7, 11) is 0. The predicted molar refractivity (Wildman–Crippen MR) is 123 cm³/mol. The molecule has 168 valence electrons. The number of nitrogens with one attached hydrogen (secondary N) is 3. The lowest BCUT2D eigenvalue weighted by atomic mass is 10.2. The van der Waals surface area contributed by atoms with E-state index in [1.165, 1.54) is 10.6 Å². The van der Waals surface area contributed by atoms with Gasteiger partial charge in [-0.2, -0.15) is 5.10 Å². The van der Waals surface area contributed by atoms with Crippen LogP contribution < -0.4 is 15.6 Å². The topological polar surface area (TPSA) is 114 Å². The van der Waals surface area contributed by atoms with Crippen LogP contribution in [0.5, 0.6) is 5.75 Å². The minimum atomic E-state index is -0.608. The fraction of sp³-hybridized carbons (Fsp3) is 0.0909. The van der Waals surface area contributed by atoms with Crippen molar-refractivity contribution in [3.05, 3.63) is 88.0 Å². The first-order valence-electron chi connectivity index (χ1n) is 9.76. The molecule has 2 heterocycles. The highest BCUT2D eigenvalue weighted by Crippen LogP contribution is 2.20. The molecule has 3 N–H and O–H groups in total. The molecule has 0 aliphatic rings. The van der Waals surface area contributed by atoms with Crippen molar-refractivity contribution in [2.45, 2.75) is 13.2 Å². The van der Waals surface area contributed by atoms with Crippen LogP contribution in [0.1, 0.15) is 16.3 Å². The van der Waals surface area contributed by atoms with Crippen molar-refractivity contribution in [2.75, 3.05) is 0 Å². The Bertz CT molecular complexity index is 1310. The number of benzene rings is 2. The molecule has 4 rings (SSSR count). The lowest BCUT2D eigenvalue weighted by Crippen LogP contribution is -2.43. The van der Waals surface area contributed by atoms with Crippen LogP contribution >= 0.6 is 23.8 Å². The van der Waals surface area contributed by atoms with Crippen molar-refractivity contribution in [1.29, 1.82) is 0 Å². The summed E-state index contributed by atoms with van der Waals surface area (Å²) in [5, 5.41) is 7.40. The zero-order valence-corrected chi connectivity index (χ0v) is 18.7. The van der Waals surface area contributed by atoms with Crippen LogP contribution in [0.15, 0.2) is 71.1 Å². The monoisotopic (exact) mass is 483 g/mol. The smallest absolute Gasteiger partial charge is 0.305 e. The maximum absolute atomic E-state index is 12.4. The van der Waals surface area contributed by atoms with Gasteiger partial charge in [-0.25, -0.2) is 0 Å². The van der Waals surface area contributed by atoms with Crippen LogP contribution in [-0.4, -0.2) is 26.6 Å². The lowest BCUT2D eigenvalue weighted by molar-refractivity contribution is -0.122. The second-order valence-corrected chi connectivity index (χ2v) is 7.64. The Morgan fingerprint density at radius 3 is 2.58 bits per heavy atom. The van der Waals surface area contributed by atoms with E-state index in [4.69, 9.17) is 33.0 Å². The molecule has 0 spiro atoms. The zero-order chi connectivity index (χ0) is 23.2. The van der Waals surface area contributed by atoms with Gasteiger partial charge in [-0.15, -0.1) is 0 Å².